The van der Waals surface area contributed by atoms with E-state index in [4.69, 9.17) is 4.74 Å². The van der Waals surface area contributed by atoms with Gasteiger partial charge in [0.25, 0.3) is 5.91 Å². The fourth-order valence-electron chi connectivity index (χ4n) is 5.09. The van der Waals surface area contributed by atoms with Crippen molar-refractivity contribution in [1.82, 2.24) is 25.1 Å². The zero-order valence-electron chi connectivity index (χ0n) is 19.5. The van der Waals surface area contributed by atoms with Gasteiger partial charge in [-0.3, -0.25) is 14.6 Å². The van der Waals surface area contributed by atoms with E-state index < -0.39 is 6.10 Å². The van der Waals surface area contributed by atoms with Crippen molar-refractivity contribution in [3.05, 3.63) is 53.5 Å². The van der Waals surface area contributed by atoms with Crippen molar-refractivity contribution in [3.63, 3.8) is 0 Å². The first-order valence-electron chi connectivity index (χ1n) is 12.3. The van der Waals surface area contributed by atoms with Crippen LogP contribution in [0, 0.1) is 0 Å². The van der Waals surface area contributed by atoms with Crippen LogP contribution in [0.4, 0.5) is 5.82 Å². The van der Waals surface area contributed by atoms with Gasteiger partial charge in [-0.15, -0.1) is 0 Å². The molecule has 1 saturated heterocycles. The number of hydrogen-bond donors (Lipinski definition) is 3. The van der Waals surface area contributed by atoms with Gasteiger partial charge in [-0.25, -0.2) is 9.97 Å². The van der Waals surface area contributed by atoms with Crippen molar-refractivity contribution in [1.29, 1.82) is 0 Å². The number of morpholine rings is 1. The summed E-state index contributed by atoms with van der Waals surface area (Å²) in [5.74, 6) is 0.367. The van der Waals surface area contributed by atoms with Crippen LogP contribution in [0.1, 0.15) is 34.5 Å². The molecule has 0 spiro atoms. The molecular weight excluding hydrogens is 432 g/mol. The minimum absolute atomic E-state index is 0.188. The quantitative estimate of drug-likeness (QED) is 0.528. The summed E-state index contributed by atoms with van der Waals surface area (Å²) < 4.78 is 5.43. The standard InChI is InChI=1S/C25H34N6O3/c32-22(16-30-6-5-18-3-1-2-4-19(18)15-30)14-26-25(33)23-13-24(28-17-27-23)29-20-11-21(12-20)31-7-9-34-10-8-31/h1-4,13,17,20-22,32H,5-12,14-16H2,(H,26,33)(H,27,28,29)/t20?,21?,22-/m0/s1. The Bertz CT molecular complexity index is 977. The van der Waals surface area contributed by atoms with E-state index in [2.05, 4.69) is 54.7 Å². The molecule has 1 saturated carbocycles. The van der Waals surface area contributed by atoms with Gasteiger partial charge < -0.3 is 20.5 Å². The van der Waals surface area contributed by atoms with E-state index in [-0.39, 0.29) is 12.5 Å². The van der Waals surface area contributed by atoms with Crippen molar-refractivity contribution in [2.45, 2.75) is 44.0 Å². The molecule has 2 aliphatic heterocycles. The molecule has 1 aromatic heterocycles. The van der Waals surface area contributed by atoms with E-state index >= 15 is 0 Å². The zero-order chi connectivity index (χ0) is 23.3. The van der Waals surface area contributed by atoms with Crippen molar-refractivity contribution in [3.8, 4) is 0 Å². The van der Waals surface area contributed by atoms with Crippen molar-refractivity contribution < 1.29 is 14.6 Å². The molecule has 34 heavy (non-hydrogen) atoms. The molecule has 2 fully saturated rings. The minimum Gasteiger partial charge on any atom is -0.390 e. The van der Waals surface area contributed by atoms with Gasteiger partial charge >= 0.3 is 0 Å². The molecule has 0 radical (unpaired) electrons. The highest BCUT2D eigenvalue weighted by Gasteiger charge is 2.34. The maximum atomic E-state index is 12.6. The monoisotopic (exact) mass is 466 g/mol. The van der Waals surface area contributed by atoms with Gasteiger partial charge in [0.1, 0.15) is 17.8 Å². The van der Waals surface area contributed by atoms with E-state index in [9.17, 15) is 9.90 Å². The number of aromatic nitrogens is 2. The predicted octanol–water partition coefficient (Wildman–Crippen LogP) is 0.901. The van der Waals surface area contributed by atoms with Crippen LogP contribution in [0.2, 0.25) is 0 Å². The lowest BCUT2D eigenvalue weighted by Crippen LogP contribution is -2.53. The Morgan fingerprint density at radius 2 is 1.94 bits per heavy atom. The lowest BCUT2D eigenvalue weighted by molar-refractivity contribution is -0.00439. The number of hydrogen-bond acceptors (Lipinski definition) is 8. The highest BCUT2D eigenvalue weighted by molar-refractivity contribution is 5.92. The molecule has 0 unspecified atom stereocenters. The third kappa shape index (κ3) is 5.72. The van der Waals surface area contributed by atoms with Gasteiger partial charge in [0, 0.05) is 57.4 Å². The Hall–Kier alpha value is -2.59. The molecule has 2 aromatic rings. The molecule has 1 amide bonds. The third-order valence-corrected chi connectivity index (χ3v) is 7.10. The first-order chi connectivity index (χ1) is 16.6. The number of carbonyl (C=O) groups excluding carboxylic acids is 1. The van der Waals surface area contributed by atoms with Crippen LogP contribution < -0.4 is 10.6 Å². The molecule has 1 aromatic carbocycles. The lowest BCUT2D eigenvalue weighted by Gasteiger charge is -2.44. The first-order valence-corrected chi connectivity index (χ1v) is 12.3. The van der Waals surface area contributed by atoms with Gasteiger partial charge in [-0.05, 0) is 30.4 Å². The fraction of sp³-hybridized carbons (Fsp3) is 0.560. The molecule has 1 aliphatic carbocycles. The molecule has 182 valence electrons. The van der Waals surface area contributed by atoms with Crippen LogP contribution in [0.3, 0.4) is 0 Å². The summed E-state index contributed by atoms with van der Waals surface area (Å²) in [5, 5.41) is 16.7. The maximum absolute atomic E-state index is 12.6. The van der Waals surface area contributed by atoms with Gasteiger partial charge in [0.15, 0.2) is 0 Å². The van der Waals surface area contributed by atoms with Crippen molar-refractivity contribution in [2.24, 2.45) is 0 Å². The largest absolute Gasteiger partial charge is 0.390 e. The SMILES string of the molecule is O=C(NC[C@H](O)CN1CCc2ccccc2C1)c1cc(NC2CC(N3CCOCC3)C2)ncn1. The van der Waals surface area contributed by atoms with E-state index in [1.54, 1.807) is 6.07 Å². The summed E-state index contributed by atoms with van der Waals surface area (Å²) in [4.78, 5) is 25.7. The molecular formula is C25H34N6O3. The van der Waals surface area contributed by atoms with Gasteiger partial charge in [0.05, 0.1) is 19.3 Å². The number of fused-ring (bicyclic) bond motifs is 1. The number of nitrogens with zero attached hydrogens (tertiary/aromatic N) is 4. The third-order valence-electron chi connectivity index (χ3n) is 7.10. The number of nitrogens with one attached hydrogen (secondary N) is 2. The number of aliphatic hydroxyl groups excluding tert-OH is 1. The number of carbonyl (C=O) groups is 1. The van der Waals surface area contributed by atoms with E-state index in [0.717, 1.165) is 58.7 Å². The number of β-amino-alcohol motifs (C(OH)–C–C–N with tert-alkyl or cyclic N) is 1. The maximum Gasteiger partial charge on any atom is 0.270 e. The number of ether oxygens (including phenoxy) is 1. The molecule has 5 rings (SSSR count). The second-order valence-corrected chi connectivity index (χ2v) is 9.52. The molecule has 9 nitrogen and oxygen atoms in total. The van der Waals surface area contributed by atoms with Crippen LogP contribution in [-0.2, 0) is 17.7 Å². The number of amides is 1. The van der Waals surface area contributed by atoms with Crippen molar-refractivity contribution in [2.75, 3.05) is 51.3 Å². The van der Waals surface area contributed by atoms with Crippen molar-refractivity contribution >= 4 is 11.7 Å². The van der Waals surface area contributed by atoms with E-state index in [1.807, 2.05) is 0 Å². The molecule has 0 bridgehead atoms. The molecule has 3 aliphatic rings. The summed E-state index contributed by atoms with van der Waals surface area (Å²) in [5.41, 5.74) is 3.00. The van der Waals surface area contributed by atoms with Crippen LogP contribution in [-0.4, -0.2) is 94.9 Å². The fourth-order valence-corrected chi connectivity index (χ4v) is 5.09. The lowest BCUT2D eigenvalue weighted by atomic mass is 9.85. The zero-order valence-corrected chi connectivity index (χ0v) is 19.5. The van der Waals surface area contributed by atoms with Crippen LogP contribution in [0.25, 0.3) is 0 Å². The number of rotatable bonds is 8. The summed E-state index contributed by atoms with van der Waals surface area (Å²) in [7, 11) is 0. The smallest absolute Gasteiger partial charge is 0.270 e. The Morgan fingerprint density at radius 1 is 1.15 bits per heavy atom. The second kappa shape index (κ2) is 10.8. The van der Waals surface area contributed by atoms with Crippen LogP contribution in [0.15, 0.2) is 36.7 Å². The Kier molecular flexibility index (Phi) is 7.34. The number of anilines is 1. The highest BCUT2D eigenvalue weighted by atomic mass is 16.5. The van der Waals surface area contributed by atoms with Gasteiger partial charge in [-0.2, -0.15) is 0 Å². The summed E-state index contributed by atoms with van der Waals surface area (Å²) in [6.07, 6.45) is 3.90. The average molecular weight is 467 g/mol. The summed E-state index contributed by atoms with van der Waals surface area (Å²) in [6, 6.07) is 11.1. The first kappa shape index (κ1) is 23.2. The molecule has 3 heterocycles. The molecule has 1 atom stereocenters. The number of benzene rings is 1. The Morgan fingerprint density at radius 3 is 2.76 bits per heavy atom. The van der Waals surface area contributed by atoms with E-state index in [1.165, 1.54) is 17.5 Å². The molecule has 3 N–H and O–H groups in total. The van der Waals surface area contributed by atoms with Crippen LogP contribution in [0.5, 0.6) is 0 Å². The predicted molar refractivity (Wildman–Crippen MR) is 129 cm³/mol. The Balaban J connectivity index is 1.05. The normalized spacial score (nSPS) is 24.0. The Labute approximate surface area is 200 Å². The molecule has 9 heteroatoms. The topological polar surface area (TPSA) is 103 Å². The minimum atomic E-state index is -0.638. The summed E-state index contributed by atoms with van der Waals surface area (Å²) >= 11 is 0. The summed E-state index contributed by atoms with van der Waals surface area (Å²) in [6.45, 7) is 6.11. The van der Waals surface area contributed by atoms with Crippen LogP contribution >= 0.6 is 0 Å². The van der Waals surface area contributed by atoms with Gasteiger partial charge in [0.2, 0.25) is 0 Å². The van der Waals surface area contributed by atoms with E-state index in [0.29, 0.717) is 30.1 Å². The number of aliphatic hydroxyl groups is 1. The second-order valence-electron chi connectivity index (χ2n) is 9.52. The van der Waals surface area contributed by atoms with Gasteiger partial charge in [-0.1, -0.05) is 24.3 Å². The highest BCUT2D eigenvalue weighted by Crippen LogP contribution is 2.28. The average Bonchev–Trinajstić information content (AvgIpc) is 2.85.